The highest BCUT2D eigenvalue weighted by molar-refractivity contribution is 9.10. The number of alkyl halides is 3. The summed E-state index contributed by atoms with van der Waals surface area (Å²) in [6, 6.07) is 13.9. The molecule has 0 saturated carbocycles. The lowest BCUT2D eigenvalue weighted by molar-refractivity contribution is -0.384. The monoisotopic (exact) mass is 665 g/mol. The zero-order valence-corrected chi connectivity index (χ0v) is 23.8. The first kappa shape index (κ1) is 29.2. The van der Waals surface area contributed by atoms with E-state index in [1.54, 1.807) is 48.5 Å². The Kier molecular flexibility index (Phi) is 8.01. The number of hydrogen-bond donors (Lipinski definition) is 2. The van der Waals surface area contributed by atoms with Gasteiger partial charge in [0.05, 0.1) is 29.8 Å². The number of nitrogens with one attached hydrogen (secondary N) is 2. The summed E-state index contributed by atoms with van der Waals surface area (Å²) in [5.41, 5.74) is -0.392. The van der Waals surface area contributed by atoms with E-state index >= 15 is 0 Å². The van der Waals surface area contributed by atoms with Gasteiger partial charge in [0.25, 0.3) is 11.6 Å². The van der Waals surface area contributed by atoms with Crippen molar-refractivity contribution in [3.8, 4) is 17.2 Å². The summed E-state index contributed by atoms with van der Waals surface area (Å²) in [6.45, 7) is 0. The van der Waals surface area contributed by atoms with E-state index in [1.165, 1.54) is 13.2 Å². The number of nitro groups is 1. The van der Waals surface area contributed by atoms with Crippen LogP contribution in [0.3, 0.4) is 0 Å². The highest BCUT2D eigenvalue weighted by Gasteiger charge is 2.48. The summed E-state index contributed by atoms with van der Waals surface area (Å²) < 4.78 is 54.7. The van der Waals surface area contributed by atoms with Gasteiger partial charge >= 0.3 is 6.18 Å². The van der Waals surface area contributed by atoms with Crippen molar-refractivity contribution in [2.45, 2.75) is 24.7 Å². The Morgan fingerprint density at radius 1 is 1.12 bits per heavy atom. The smallest absolute Gasteiger partial charge is 0.410 e. The average molecular weight is 667 g/mol. The number of anilines is 2. The zero-order valence-electron chi connectivity index (χ0n) is 21.5. The predicted molar refractivity (Wildman–Crippen MR) is 152 cm³/mol. The summed E-state index contributed by atoms with van der Waals surface area (Å²) in [7, 11) is 1.47. The fourth-order valence-electron chi connectivity index (χ4n) is 4.44. The summed E-state index contributed by atoms with van der Waals surface area (Å²) in [5.74, 6) is -0.208. The van der Waals surface area contributed by atoms with Gasteiger partial charge in [0.1, 0.15) is 28.1 Å². The Hall–Kier alpha value is -4.30. The number of fused-ring (bicyclic) bond motifs is 1. The minimum absolute atomic E-state index is 0.0400. The normalized spacial score (nSPS) is 16.2. The van der Waals surface area contributed by atoms with Crippen LogP contribution in [0.25, 0.3) is 0 Å². The number of nitro benzene ring substituents is 1. The summed E-state index contributed by atoms with van der Waals surface area (Å²) in [6.07, 6.45) is -5.12. The molecule has 42 heavy (non-hydrogen) atoms. The quantitative estimate of drug-likeness (QED) is 0.152. The Morgan fingerprint density at radius 3 is 2.40 bits per heavy atom. The first-order valence-corrected chi connectivity index (χ1v) is 13.4. The Labute approximate surface area is 249 Å². The first-order chi connectivity index (χ1) is 19.9. The van der Waals surface area contributed by atoms with Crippen LogP contribution >= 0.6 is 27.5 Å². The van der Waals surface area contributed by atoms with Gasteiger partial charge in [-0.3, -0.25) is 14.9 Å². The van der Waals surface area contributed by atoms with Gasteiger partial charge in [0.15, 0.2) is 11.7 Å². The van der Waals surface area contributed by atoms with E-state index < -0.39 is 46.9 Å². The van der Waals surface area contributed by atoms with Crippen molar-refractivity contribution in [2.75, 3.05) is 17.7 Å². The highest BCUT2D eigenvalue weighted by Crippen LogP contribution is 2.46. The molecule has 1 amide bonds. The lowest BCUT2D eigenvalue weighted by Crippen LogP contribution is -2.35. The van der Waals surface area contributed by atoms with Crippen molar-refractivity contribution < 1.29 is 32.4 Å². The van der Waals surface area contributed by atoms with E-state index in [9.17, 15) is 28.1 Å². The molecule has 2 atom stereocenters. The molecule has 4 aromatic rings. The van der Waals surface area contributed by atoms with Crippen LogP contribution in [0.4, 0.5) is 30.4 Å². The number of amides is 1. The van der Waals surface area contributed by atoms with Crippen LogP contribution in [-0.4, -0.2) is 33.9 Å². The largest absolute Gasteiger partial charge is 0.497 e. The van der Waals surface area contributed by atoms with Crippen LogP contribution < -0.4 is 20.1 Å². The molecule has 2 unspecified atom stereocenters. The molecule has 2 heterocycles. The van der Waals surface area contributed by atoms with Crippen molar-refractivity contribution in [1.29, 1.82) is 0 Å². The van der Waals surface area contributed by atoms with Gasteiger partial charge in [-0.2, -0.15) is 18.3 Å². The number of ether oxygens (including phenoxy) is 2. The molecule has 1 aliphatic heterocycles. The summed E-state index contributed by atoms with van der Waals surface area (Å²) in [4.78, 5) is 24.1. The second-order valence-corrected chi connectivity index (χ2v) is 10.5. The van der Waals surface area contributed by atoms with E-state index in [0.717, 1.165) is 16.6 Å². The van der Waals surface area contributed by atoms with E-state index in [4.69, 9.17) is 21.1 Å². The van der Waals surface area contributed by atoms with E-state index in [1.807, 2.05) is 0 Å². The molecule has 0 saturated heterocycles. The fourth-order valence-corrected chi connectivity index (χ4v) is 4.97. The SMILES string of the molecule is COc1ccc(C2CC(C(F)(F)F)n3nc(C(=O)Nc4cc(Oc5ccc(Br)cc5)cc([N+](=O)[O-])c4)c(Cl)c3N2)cc1. The molecule has 0 radical (unpaired) electrons. The molecular weight excluding hydrogens is 647 g/mol. The van der Waals surface area contributed by atoms with Gasteiger partial charge in [0, 0.05) is 23.0 Å². The van der Waals surface area contributed by atoms with Crippen molar-refractivity contribution in [3.05, 3.63) is 97.6 Å². The zero-order chi connectivity index (χ0) is 30.2. The molecule has 1 aromatic heterocycles. The van der Waals surface area contributed by atoms with Crippen molar-refractivity contribution in [1.82, 2.24) is 9.78 Å². The molecule has 5 rings (SSSR count). The number of carbonyl (C=O) groups is 1. The number of non-ortho nitro benzene ring substituents is 1. The number of rotatable bonds is 7. The lowest BCUT2D eigenvalue weighted by atomic mass is 9.97. The summed E-state index contributed by atoms with van der Waals surface area (Å²) in [5, 5.41) is 20.5. The molecule has 0 fully saturated rings. The van der Waals surface area contributed by atoms with E-state index in [-0.39, 0.29) is 22.3 Å². The second kappa shape index (κ2) is 11.5. The third kappa shape index (κ3) is 6.14. The van der Waals surface area contributed by atoms with E-state index in [0.29, 0.717) is 21.7 Å². The second-order valence-electron chi connectivity index (χ2n) is 9.20. The third-order valence-corrected chi connectivity index (χ3v) is 7.32. The standard InChI is InChI=1S/C27H20BrClF3N5O5/c1-41-18-6-2-14(3-7-18)21-13-22(27(30,31)32)36-25(34-21)23(29)24(35-36)26(38)33-16-10-17(37(39)40)12-20(11-16)42-19-8-4-15(28)5-9-19/h2-12,21-22,34H,13H2,1H3,(H,33,38). The first-order valence-electron chi connectivity index (χ1n) is 12.2. The molecule has 1 aliphatic rings. The third-order valence-electron chi connectivity index (χ3n) is 6.44. The van der Waals surface area contributed by atoms with Crippen molar-refractivity contribution in [2.24, 2.45) is 0 Å². The number of methoxy groups -OCH3 is 1. The maximum atomic E-state index is 14.1. The molecule has 2 N–H and O–H groups in total. The van der Waals surface area contributed by atoms with Crippen molar-refractivity contribution >= 4 is 50.6 Å². The fraction of sp³-hybridized carbons (Fsp3) is 0.185. The molecule has 10 nitrogen and oxygen atoms in total. The van der Waals surface area contributed by atoms with Gasteiger partial charge < -0.3 is 20.1 Å². The van der Waals surface area contributed by atoms with Crippen LogP contribution in [0.15, 0.2) is 71.2 Å². The maximum Gasteiger partial charge on any atom is 0.410 e. The Bertz CT molecular complexity index is 1650. The maximum absolute atomic E-state index is 14.1. The number of hydrogen-bond acceptors (Lipinski definition) is 7. The topological polar surface area (TPSA) is 121 Å². The number of nitrogens with zero attached hydrogens (tertiary/aromatic N) is 3. The average Bonchev–Trinajstić information content (AvgIpc) is 3.29. The van der Waals surface area contributed by atoms with Gasteiger partial charge in [-0.1, -0.05) is 39.7 Å². The number of carbonyl (C=O) groups excluding carboxylic acids is 1. The minimum atomic E-state index is -4.70. The van der Waals surface area contributed by atoms with Crippen LogP contribution in [0.5, 0.6) is 17.2 Å². The minimum Gasteiger partial charge on any atom is -0.497 e. The van der Waals surface area contributed by atoms with Gasteiger partial charge in [-0.15, -0.1) is 0 Å². The number of halogens is 5. The molecule has 0 aliphatic carbocycles. The van der Waals surface area contributed by atoms with Crippen LogP contribution in [0, 0.1) is 10.1 Å². The number of benzene rings is 3. The van der Waals surface area contributed by atoms with Gasteiger partial charge in [-0.05, 0) is 42.0 Å². The molecule has 218 valence electrons. The summed E-state index contributed by atoms with van der Waals surface area (Å²) >= 11 is 9.72. The van der Waals surface area contributed by atoms with Crippen LogP contribution in [0.2, 0.25) is 5.02 Å². The van der Waals surface area contributed by atoms with E-state index in [2.05, 4.69) is 31.7 Å². The lowest BCUT2D eigenvalue weighted by Gasteiger charge is -2.33. The molecular formula is C27H20BrClF3N5O5. The van der Waals surface area contributed by atoms with Crippen molar-refractivity contribution in [3.63, 3.8) is 0 Å². The molecule has 0 bridgehead atoms. The molecule has 15 heteroatoms. The highest BCUT2D eigenvalue weighted by atomic mass is 79.9. The predicted octanol–water partition coefficient (Wildman–Crippen LogP) is 7.92. The molecule has 0 spiro atoms. The molecule has 3 aromatic carbocycles. The van der Waals surface area contributed by atoms with Gasteiger partial charge in [-0.25, -0.2) is 4.68 Å². The van der Waals surface area contributed by atoms with Crippen LogP contribution in [-0.2, 0) is 0 Å². The van der Waals surface area contributed by atoms with Crippen LogP contribution in [0.1, 0.15) is 34.6 Å². The number of aromatic nitrogens is 2. The Balaban J connectivity index is 1.45. The Morgan fingerprint density at radius 2 is 1.79 bits per heavy atom. The van der Waals surface area contributed by atoms with Gasteiger partial charge in [0.2, 0.25) is 0 Å².